The van der Waals surface area contributed by atoms with Crippen LogP contribution in [0.3, 0.4) is 0 Å². The summed E-state index contributed by atoms with van der Waals surface area (Å²) in [4.78, 5) is 13.1. The maximum Gasteiger partial charge on any atom is 0.387 e. The number of ether oxygens (including phenoxy) is 1. The molecule has 0 fully saturated rings. The van der Waals surface area contributed by atoms with Crippen molar-refractivity contribution in [3.63, 3.8) is 0 Å². The zero-order valence-electron chi connectivity index (χ0n) is 14.4. The Morgan fingerprint density at radius 3 is 2.75 bits per heavy atom. The number of carbonyl (C=O) groups excluding carboxylic acids is 1. The van der Waals surface area contributed by atoms with Gasteiger partial charge >= 0.3 is 6.61 Å². The molecule has 1 N–H and O–H groups in total. The number of benzene rings is 3. The highest BCUT2D eigenvalue weighted by Crippen LogP contribution is 2.39. The molecule has 1 amide bonds. The van der Waals surface area contributed by atoms with Gasteiger partial charge in [0.1, 0.15) is 10.6 Å². The molecule has 0 spiro atoms. The van der Waals surface area contributed by atoms with Crippen molar-refractivity contribution in [2.75, 3.05) is 0 Å². The number of alkyl halides is 2. The molecule has 3 aromatic carbocycles. The van der Waals surface area contributed by atoms with E-state index in [-0.39, 0.29) is 18.2 Å². The van der Waals surface area contributed by atoms with Gasteiger partial charge in [0.25, 0.3) is 5.91 Å². The predicted octanol–water partition coefficient (Wildman–Crippen LogP) is 6.24. The van der Waals surface area contributed by atoms with Crippen LogP contribution in [0.15, 0.2) is 60.7 Å². The Morgan fingerprint density at radius 1 is 1.11 bits per heavy atom. The van der Waals surface area contributed by atoms with E-state index in [1.54, 1.807) is 12.1 Å². The molecule has 3 nitrogen and oxygen atoms in total. The van der Waals surface area contributed by atoms with Crippen LogP contribution < -0.4 is 10.1 Å². The first-order valence-electron chi connectivity index (χ1n) is 8.44. The Balaban J connectivity index is 1.58. The van der Waals surface area contributed by atoms with Crippen molar-refractivity contribution in [1.29, 1.82) is 0 Å². The predicted molar refractivity (Wildman–Crippen MR) is 109 cm³/mol. The lowest BCUT2D eigenvalue weighted by atomic mass is 10.1. The highest BCUT2D eigenvalue weighted by Gasteiger charge is 2.18. The van der Waals surface area contributed by atoms with Gasteiger partial charge in [-0.05, 0) is 34.5 Å². The summed E-state index contributed by atoms with van der Waals surface area (Å²) in [6, 6.07) is 18.0. The smallest absolute Gasteiger partial charge is 0.387 e. The number of nitrogens with one attached hydrogen (secondary N) is 1. The number of amides is 1. The number of hydrogen-bond donors (Lipinski definition) is 1. The van der Waals surface area contributed by atoms with Crippen LogP contribution in [0.2, 0.25) is 5.02 Å². The van der Waals surface area contributed by atoms with E-state index in [2.05, 4.69) is 10.1 Å². The van der Waals surface area contributed by atoms with Gasteiger partial charge in [0.05, 0.1) is 5.02 Å². The molecule has 0 atom stereocenters. The first kappa shape index (κ1) is 18.7. The average molecular weight is 418 g/mol. The van der Waals surface area contributed by atoms with Crippen molar-refractivity contribution >= 4 is 49.7 Å². The Morgan fingerprint density at radius 2 is 1.93 bits per heavy atom. The molecule has 0 saturated heterocycles. The Bertz CT molecular complexity index is 1180. The second-order valence-corrected chi connectivity index (χ2v) is 7.54. The lowest BCUT2D eigenvalue weighted by Crippen LogP contribution is -2.22. The van der Waals surface area contributed by atoms with Crippen LogP contribution in [0.1, 0.15) is 15.2 Å². The minimum Gasteiger partial charge on any atom is -0.435 e. The van der Waals surface area contributed by atoms with E-state index in [0.717, 1.165) is 20.9 Å². The fourth-order valence-corrected chi connectivity index (χ4v) is 4.56. The van der Waals surface area contributed by atoms with E-state index in [1.165, 1.54) is 23.5 Å². The molecule has 7 heteroatoms. The third-order valence-corrected chi connectivity index (χ3v) is 5.95. The number of carbonyl (C=O) groups is 1. The molecule has 0 unspecified atom stereocenters. The second-order valence-electron chi connectivity index (χ2n) is 6.11. The third kappa shape index (κ3) is 3.66. The molecule has 28 heavy (non-hydrogen) atoms. The molecule has 142 valence electrons. The van der Waals surface area contributed by atoms with Crippen LogP contribution in [0.25, 0.3) is 20.9 Å². The molecule has 0 radical (unpaired) electrons. The van der Waals surface area contributed by atoms with Crippen molar-refractivity contribution < 1.29 is 18.3 Å². The summed E-state index contributed by atoms with van der Waals surface area (Å²) in [5, 5.41) is 6.12. The molecule has 1 aromatic heterocycles. The van der Waals surface area contributed by atoms with Crippen LogP contribution in [0.4, 0.5) is 8.78 Å². The van der Waals surface area contributed by atoms with Crippen molar-refractivity contribution in [2.45, 2.75) is 13.2 Å². The highest BCUT2D eigenvalue weighted by molar-refractivity contribution is 7.21. The number of fused-ring (bicyclic) bond motifs is 3. The Kier molecular flexibility index (Phi) is 5.15. The third-order valence-electron chi connectivity index (χ3n) is 4.30. The fourth-order valence-electron chi connectivity index (χ4n) is 3.07. The van der Waals surface area contributed by atoms with Crippen molar-refractivity contribution in [3.05, 3.63) is 76.1 Å². The molecule has 0 aliphatic rings. The van der Waals surface area contributed by atoms with Crippen molar-refractivity contribution in [3.8, 4) is 5.75 Å². The molecule has 0 bridgehead atoms. The molecular formula is C21H14ClF2NO2S. The summed E-state index contributed by atoms with van der Waals surface area (Å²) in [6.07, 6.45) is 0. The van der Waals surface area contributed by atoms with E-state index in [0.29, 0.717) is 15.5 Å². The van der Waals surface area contributed by atoms with Gasteiger partial charge in [-0.1, -0.05) is 54.1 Å². The zero-order valence-corrected chi connectivity index (χ0v) is 16.0. The van der Waals surface area contributed by atoms with Gasteiger partial charge < -0.3 is 10.1 Å². The monoisotopic (exact) mass is 417 g/mol. The number of rotatable bonds is 5. The molecular weight excluding hydrogens is 404 g/mol. The van der Waals surface area contributed by atoms with Gasteiger partial charge in [0, 0.05) is 16.6 Å². The topological polar surface area (TPSA) is 38.3 Å². The quantitative estimate of drug-likeness (QED) is 0.417. The second kappa shape index (κ2) is 7.73. The highest BCUT2D eigenvalue weighted by atomic mass is 35.5. The van der Waals surface area contributed by atoms with E-state index in [9.17, 15) is 13.6 Å². The van der Waals surface area contributed by atoms with E-state index in [1.807, 2.05) is 36.4 Å². The maximum atomic E-state index is 12.7. The zero-order chi connectivity index (χ0) is 19.7. The van der Waals surface area contributed by atoms with Crippen LogP contribution in [-0.4, -0.2) is 12.5 Å². The van der Waals surface area contributed by atoms with Gasteiger partial charge in [-0.25, -0.2) is 0 Å². The van der Waals surface area contributed by atoms with Crippen LogP contribution in [0, 0.1) is 0 Å². The first-order valence-corrected chi connectivity index (χ1v) is 9.64. The molecule has 4 aromatic rings. The van der Waals surface area contributed by atoms with Gasteiger partial charge in [-0.3, -0.25) is 4.79 Å². The van der Waals surface area contributed by atoms with Gasteiger partial charge in [-0.15, -0.1) is 11.3 Å². The number of halogens is 3. The van der Waals surface area contributed by atoms with E-state index < -0.39 is 6.61 Å². The average Bonchev–Trinajstić information content (AvgIpc) is 3.03. The largest absolute Gasteiger partial charge is 0.435 e. The summed E-state index contributed by atoms with van der Waals surface area (Å²) in [7, 11) is 0. The van der Waals surface area contributed by atoms with Crippen molar-refractivity contribution in [1.82, 2.24) is 5.32 Å². The first-order chi connectivity index (χ1) is 13.5. The van der Waals surface area contributed by atoms with Gasteiger partial charge in [0.2, 0.25) is 0 Å². The molecule has 0 aliphatic carbocycles. The summed E-state index contributed by atoms with van der Waals surface area (Å²) >= 11 is 7.87. The van der Waals surface area contributed by atoms with Crippen LogP contribution in [-0.2, 0) is 6.54 Å². The number of hydrogen-bond acceptors (Lipinski definition) is 3. The van der Waals surface area contributed by atoms with Crippen LogP contribution >= 0.6 is 22.9 Å². The Labute approximate surface area is 168 Å². The SMILES string of the molecule is O=C(NCc1cccc(OC(F)F)c1)c1sc2ccc3ccccc3c2c1Cl. The molecule has 4 rings (SSSR count). The van der Waals surface area contributed by atoms with Gasteiger partial charge in [0.15, 0.2) is 0 Å². The lowest BCUT2D eigenvalue weighted by Gasteiger charge is -2.08. The molecule has 1 heterocycles. The minimum atomic E-state index is -2.89. The number of thiophene rings is 1. The minimum absolute atomic E-state index is 0.0492. The maximum absolute atomic E-state index is 12.7. The molecule has 0 saturated carbocycles. The van der Waals surface area contributed by atoms with Gasteiger partial charge in [-0.2, -0.15) is 8.78 Å². The van der Waals surface area contributed by atoms with Crippen LogP contribution in [0.5, 0.6) is 5.75 Å². The Hall–Kier alpha value is -2.70. The molecule has 0 aliphatic heterocycles. The van der Waals surface area contributed by atoms with Crippen molar-refractivity contribution in [2.24, 2.45) is 0 Å². The lowest BCUT2D eigenvalue weighted by molar-refractivity contribution is -0.0498. The van der Waals surface area contributed by atoms with E-state index >= 15 is 0 Å². The fraction of sp³-hybridized carbons (Fsp3) is 0.0952. The summed E-state index contributed by atoms with van der Waals surface area (Å²) in [5.74, 6) is -0.261. The summed E-state index contributed by atoms with van der Waals surface area (Å²) in [5.41, 5.74) is 0.647. The van der Waals surface area contributed by atoms with E-state index in [4.69, 9.17) is 11.6 Å². The summed E-state index contributed by atoms with van der Waals surface area (Å²) in [6.45, 7) is -2.72. The normalized spacial score (nSPS) is 11.3. The standard InChI is InChI=1S/C21H14ClF2NO2S/c22-18-17-15-7-2-1-5-13(15)8-9-16(17)28-19(18)20(26)25-11-12-4-3-6-14(10-12)27-21(23)24/h1-10,21H,11H2,(H,25,26). The summed E-state index contributed by atoms with van der Waals surface area (Å²) < 4.78 is 30.0.